The van der Waals surface area contributed by atoms with Gasteiger partial charge in [-0.05, 0) is 66.1 Å². The molecule has 30 heavy (non-hydrogen) atoms. The van der Waals surface area contributed by atoms with Crippen LogP contribution < -0.4 is 16.0 Å². The zero-order valence-electron chi connectivity index (χ0n) is 16.6. The van der Waals surface area contributed by atoms with Crippen LogP contribution in [0, 0.1) is 3.57 Å². The standard InChI is InChI=1S/C20H28IN3O6/c21-15-6-4-14(5-7-15)12-22-10-2-1-3-16(11-19(28)29)23-20(30)24-17(13-25)8-9-18(26)27/h4-7,13,16-17,22H,1-3,8-12H2,(H,26,27)(H,28,29)(H2,23,24,30)/t16-,17-/m0/s1. The minimum atomic E-state index is -1.07. The van der Waals surface area contributed by atoms with Gasteiger partial charge < -0.3 is 31.0 Å². The Balaban J connectivity index is 2.33. The van der Waals surface area contributed by atoms with Gasteiger partial charge in [0.25, 0.3) is 0 Å². The number of urea groups is 1. The fourth-order valence-corrected chi connectivity index (χ4v) is 3.12. The van der Waals surface area contributed by atoms with E-state index in [9.17, 15) is 19.2 Å². The summed E-state index contributed by atoms with van der Waals surface area (Å²) < 4.78 is 1.18. The first-order valence-corrected chi connectivity index (χ1v) is 10.8. The van der Waals surface area contributed by atoms with E-state index in [1.54, 1.807) is 0 Å². The lowest BCUT2D eigenvalue weighted by molar-refractivity contribution is -0.138. The van der Waals surface area contributed by atoms with Crippen molar-refractivity contribution in [3.05, 3.63) is 33.4 Å². The first-order valence-electron chi connectivity index (χ1n) is 9.71. The maximum Gasteiger partial charge on any atom is 0.315 e. The molecule has 0 aliphatic rings. The molecule has 0 spiro atoms. The Morgan fingerprint density at radius 3 is 2.30 bits per heavy atom. The van der Waals surface area contributed by atoms with Crippen molar-refractivity contribution in [1.82, 2.24) is 16.0 Å². The number of aliphatic carboxylic acids is 2. The number of halogens is 1. The van der Waals surface area contributed by atoms with Crippen molar-refractivity contribution < 1.29 is 29.4 Å². The van der Waals surface area contributed by atoms with Crippen LogP contribution in [-0.4, -0.2) is 53.1 Å². The molecular weight excluding hydrogens is 505 g/mol. The van der Waals surface area contributed by atoms with Crippen LogP contribution >= 0.6 is 22.6 Å². The predicted molar refractivity (Wildman–Crippen MR) is 119 cm³/mol. The molecule has 5 N–H and O–H groups in total. The van der Waals surface area contributed by atoms with Gasteiger partial charge in [-0.2, -0.15) is 0 Å². The number of benzene rings is 1. The number of nitrogens with one attached hydrogen (secondary N) is 3. The highest BCUT2D eigenvalue weighted by atomic mass is 127. The van der Waals surface area contributed by atoms with Crippen LogP contribution in [0.2, 0.25) is 0 Å². The summed E-state index contributed by atoms with van der Waals surface area (Å²) >= 11 is 2.25. The summed E-state index contributed by atoms with van der Waals surface area (Å²) in [6.07, 6.45) is 1.97. The molecule has 0 bridgehead atoms. The molecule has 0 heterocycles. The van der Waals surface area contributed by atoms with E-state index in [2.05, 4.69) is 50.7 Å². The number of carboxylic acids is 2. The Labute approximate surface area is 189 Å². The molecule has 2 amide bonds. The van der Waals surface area contributed by atoms with Crippen molar-refractivity contribution in [3.8, 4) is 0 Å². The number of aldehydes is 1. The quantitative estimate of drug-likeness (QED) is 0.132. The smallest absolute Gasteiger partial charge is 0.315 e. The van der Waals surface area contributed by atoms with Crippen molar-refractivity contribution in [3.63, 3.8) is 0 Å². The topological polar surface area (TPSA) is 145 Å². The molecule has 0 radical (unpaired) electrons. The van der Waals surface area contributed by atoms with Gasteiger partial charge in [-0.25, -0.2) is 4.79 Å². The lowest BCUT2D eigenvalue weighted by Gasteiger charge is -2.19. The number of hydrogen-bond acceptors (Lipinski definition) is 5. The number of carbonyl (C=O) groups excluding carboxylic acids is 2. The highest BCUT2D eigenvalue weighted by molar-refractivity contribution is 14.1. The molecule has 0 saturated heterocycles. The van der Waals surface area contributed by atoms with E-state index < -0.39 is 30.1 Å². The third kappa shape index (κ3) is 12.4. The third-order valence-electron chi connectivity index (χ3n) is 4.30. The first-order chi connectivity index (χ1) is 14.3. The Kier molecular flexibility index (Phi) is 12.7. The summed E-state index contributed by atoms with van der Waals surface area (Å²) in [7, 11) is 0. The van der Waals surface area contributed by atoms with Crippen LogP contribution in [0.3, 0.4) is 0 Å². The van der Waals surface area contributed by atoms with Gasteiger partial charge >= 0.3 is 18.0 Å². The van der Waals surface area contributed by atoms with E-state index in [1.165, 1.54) is 9.13 Å². The Morgan fingerprint density at radius 1 is 1.00 bits per heavy atom. The highest BCUT2D eigenvalue weighted by Crippen LogP contribution is 2.08. The molecule has 10 heteroatoms. The number of carboxylic acid groups (broad SMARTS) is 2. The molecule has 1 rings (SSSR count). The van der Waals surface area contributed by atoms with Crippen molar-refractivity contribution in [2.75, 3.05) is 6.54 Å². The van der Waals surface area contributed by atoms with Crippen LogP contribution in [0.4, 0.5) is 4.79 Å². The second kappa shape index (κ2) is 14.7. The van der Waals surface area contributed by atoms with Crippen LogP contribution in [0.15, 0.2) is 24.3 Å². The predicted octanol–water partition coefficient (Wildman–Crippen LogP) is 2.13. The van der Waals surface area contributed by atoms with Crippen LogP contribution in [-0.2, 0) is 20.9 Å². The molecule has 9 nitrogen and oxygen atoms in total. The molecule has 166 valence electrons. The van der Waals surface area contributed by atoms with Crippen LogP contribution in [0.5, 0.6) is 0 Å². The number of rotatable bonds is 15. The van der Waals surface area contributed by atoms with E-state index in [1.807, 2.05) is 12.1 Å². The molecular formula is C20H28IN3O6. The summed E-state index contributed by atoms with van der Waals surface area (Å²) in [6, 6.07) is 6.01. The summed E-state index contributed by atoms with van der Waals surface area (Å²) in [4.78, 5) is 44.6. The first kappa shape index (κ1) is 25.8. The maximum absolute atomic E-state index is 12.0. The van der Waals surface area contributed by atoms with Gasteiger partial charge in [0, 0.05) is 22.6 Å². The largest absolute Gasteiger partial charge is 0.481 e. The van der Waals surface area contributed by atoms with E-state index in [0.717, 1.165) is 19.5 Å². The number of amides is 2. The minimum absolute atomic E-state index is 0.0257. The second-order valence-corrected chi connectivity index (χ2v) is 8.13. The number of unbranched alkanes of at least 4 members (excludes halogenated alkanes) is 1. The van der Waals surface area contributed by atoms with E-state index in [4.69, 9.17) is 10.2 Å². The monoisotopic (exact) mass is 533 g/mol. The van der Waals surface area contributed by atoms with Crippen LogP contribution in [0.1, 0.15) is 44.1 Å². The molecule has 1 aromatic carbocycles. The summed E-state index contributed by atoms with van der Waals surface area (Å²) in [5.41, 5.74) is 1.19. The Morgan fingerprint density at radius 2 is 1.70 bits per heavy atom. The van der Waals surface area contributed by atoms with E-state index in [0.29, 0.717) is 19.1 Å². The molecule has 0 fully saturated rings. The van der Waals surface area contributed by atoms with Crippen molar-refractivity contribution in [1.29, 1.82) is 0 Å². The molecule has 0 aliphatic heterocycles. The van der Waals surface area contributed by atoms with Gasteiger partial charge in [0.05, 0.1) is 12.5 Å². The van der Waals surface area contributed by atoms with Gasteiger partial charge in [-0.1, -0.05) is 18.6 Å². The summed E-state index contributed by atoms with van der Waals surface area (Å²) in [6.45, 7) is 1.51. The Hall–Kier alpha value is -2.21. The van der Waals surface area contributed by atoms with Crippen molar-refractivity contribution >= 4 is 46.8 Å². The minimum Gasteiger partial charge on any atom is -0.481 e. The second-order valence-electron chi connectivity index (χ2n) is 6.89. The normalized spacial score (nSPS) is 12.6. The van der Waals surface area contributed by atoms with E-state index in [-0.39, 0.29) is 19.3 Å². The molecule has 0 saturated carbocycles. The Bertz CT molecular complexity index is 698. The fourth-order valence-electron chi connectivity index (χ4n) is 2.76. The van der Waals surface area contributed by atoms with Gasteiger partial charge in [0.2, 0.25) is 0 Å². The number of carbonyl (C=O) groups is 4. The summed E-state index contributed by atoms with van der Waals surface area (Å²) in [5, 5.41) is 26.0. The average Bonchev–Trinajstić information content (AvgIpc) is 2.68. The van der Waals surface area contributed by atoms with Gasteiger partial charge in [0.15, 0.2) is 0 Å². The molecule has 0 unspecified atom stereocenters. The zero-order valence-corrected chi connectivity index (χ0v) is 18.8. The molecule has 0 aliphatic carbocycles. The SMILES string of the molecule is O=C[C@H](CCC(=O)O)NC(=O)N[C@@H](CCCCNCc1ccc(I)cc1)CC(=O)O. The van der Waals surface area contributed by atoms with Crippen molar-refractivity contribution in [2.45, 2.75) is 57.2 Å². The van der Waals surface area contributed by atoms with Crippen molar-refractivity contribution in [2.24, 2.45) is 0 Å². The van der Waals surface area contributed by atoms with Gasteiger partial charge in [-0.15, -0.1) is 0 Å². The number of hydrogen-bond donors (Lipinski definition) is 5. The highest BCUT2D eigenvalue weighted by Gasteiger charge is 2.18. The fraction of sp³-hybridized carbons (Fsp3) is 0.500. The third-order valence-corrected chi connectivity index (χ3v) is 5.02. The van der Waals surface area contributed by atoms with Crippen LogP contribution in [0.25, 0.3) is 0 Å². The molecule has 2 atom stereocenters. The molecule has 1 aromatic rings. The zero-order chi connectivity index (χ0) is 22.4. The van der Waals surface area contributed by atoms with Gasteiger partial charge in [0.1, 0.15) is 6.29 Å². The lowest BCUT2D eigenvalue weighted by Crippen LogP contribution is -2.47. The summed E-state index contributed by atoms with van der Waals surface area (Å²) in [5.74, 6) is -2.10. The maximum atomic E-state index is 12.0. The van der Waals surface area contributed by atoms with Gasteiger partial charge in [-0.3, -0.25) is 9.59 Å². The van der Waals surface area contributed by atoms with E-state index >= 15 is 0 Å². The molecule has 0 aromatic heterocycles. The average molecular weight is 533 g/mol. The lowest BCUT2D eigenvalue weighted by atomic mass is 10.1.